The number of carbonyl (C=O) groups is 8. The number of aliphatic imine (C=N–C) groups is 2. The third kappa shape index (κ3) is 22.7. The van der Waals surface area contributed by atoms with Crippen molar-refractivity contribution in [2.24, 2.45) is 27.7 Å². The second-order valence-corrected chi connectivity index (χ2v) is 27.1. The lowest BCUT2D eigenvalue weighted by Crippen LogP contribution is -2.45. The number of anilines is 1. The van der Waals surface area contributed by atoms with Crippen LogP contribution in [0.5, 0.6) is 34.5 Å². The highest BCUT2D eigenvalue weighted by atomic mass is 16.7. The van der Waals surface area contributed by atoms with Gasteiger partial charge in [-0.15, -0.1) is 0 Å². The number of unbranched alkanes of at least 4 members (excludes halogenated alkanes) is 2. The van der Waals surface area contributed by atoms with Crippen LogP contribution in [-0.2, 0) is 61.9 Å². The molecule has 5 atom stereocenters. The molecule has 0 spiro atoms. The standard InChI is InChI=1S/C79H100N8O21/c1-51(2)75(84-73(90)11-8-7-9-21-98-25-27-100-29-31-102-33-35-104-36-34-103-32-30-101-28-26-99-24-19-80-72(89)18-20-85-74(91)38-53(4)77(85)93)65(88)37-52(3)76(92)83-58-15-12-54(13-16-58)56-39-59-46-81-63-44-70(67(96-5)42-61(63)78(94)86(59)48-56)105-22-10-23-106-71-45-64-62(43-68(71)97-6)79(95)87-49-57(40-60(87)47-82-64)55-14-17-66-69(41-55)108-50-107-66/h12-17,41-49,51-53,59-60,75H,7-11,18-40,50H2,1-6H3,(H,80,89)(H,83,92)(H,84,90)/t52-,53?,59+,60+,75?/m1/s1. The number of imide groups is 1. The Morgan fingerprint density at radius 2 is 1.06 bits per heavy atom. The molecule has 1 fully saturated rings. The minimum atomic E-state index is -0.737. The molecule has 0 bridgehead atoms. The van der Waals surface area contributed by atoms with E-state index in [9.17, 15) is 38.4 Å². The topological polar surface area (TPSA) is 327 Å². The number of methoxy groups -OCH3 is 2. The zero-order valence-corrected chi connectivity index (χ0v) is 62.4. The minimum Gasteiger partial charge on any atom is -0.493 e. The molecule has 4 aromatic rings. The van der Waals surface area contributed by atoms with E-state index >= 15 is 0 Å². The fraction of sp³-hybridized carbons (Fsp3) is 0.519. The number of amides is 7. The molecule has 1 saturated heterocycles. The molecule has 29 heteroatoms. The van der Waals surface area contributed by atoms with Crippen LogP contribution < -0.4 is 44.4 Å². The molecule has 582 valence electrons. The molecule has 7 amide bonds. The van der Waals surface area contributed by atoms with Gasteiger partial charge in [0.1, 0.15) is 0 Å². The van der Waals surface area contributed by atoms with Gasteiger partial charge < -0.3 is 87.3 Å². The largest absolute Gasteiger partial charge is 0.493 e. The molecule has 6 aliphatic heterocycles. The van der Waals surface area contributed by atoms with Crippen LogP contribution in [0.15, 0.2) is 89.1 Å². The fourth-order valence-electron chi connectivity index (χ4n) is 12.8. The van der Waals surface area contributed by atoms with Gasteiger partial charge >= 0.3 is 0 Å². The van der Waals surface area contributed by atoms with Gasteiger partial charge in [-0.25, -0.2) is 0 Å². The number of rotatable bonds is 47. The number of carbonyl (C=O) groups excluding carboxylic acids is 8. The predicted octanol–water partition coefficient (Wildman–Crippen LogP) is 8.48. The molecule has 3 N–H and O–H groups in total. The third-order valence-corrected chi connectivity index (χ3v) is 18.8. The number of fused-ring (bicyclic) bond motifs is 5. The first-order chi connectivity index (χ1) is 52.5. The van der Waals surface area contributed by atoms with E-state index in [0.717, 1.165) is 40.0 Å². The van der Waals surface area contributed by atoms with Crippen LogP contribution >= 0.6 is 0 Å². The van der Waals surface area contributed by atoms with E-state index in [2.05, 4.69) is 16.0 Å². The number of hydrogen-bond donors (Lipinski definition) is 3. The van der Waals surface area contributed by atoms with Crippen molar-refractivity contribution in [3.05, 3.63) is 101 Å². The maximum Gasteiger partial charge on any atom is 0.260 e. The van der Waals surface area contributed by atoms with Gasteiger partial charge in [0, 0.05) is 119 Å². The Morgan fingerprint density at radius 3 is 1.59 bits per heavy atom. The number of likely N-dealkylation sites (tertiary alicyclic amines) is 1. The lowest BCUT2D eigenvalue weighted by Gasteiger charge is -2.23. The highest BCUT2D eigenvalue weighted by molar-refractivity contribution is 6.07. The highest BCUT2D eigenvalue weighted by Crippen LogP contribution is 2.43. The van der Waals surface area contributed by atoms with Gasteiger partial charge in [0.15, 0.2) is 40.3 Å². The minimum absolute atomic E-state index is 0.0540. The van der Waals surface area contributed by atoms with Gasteiger partial charge in [-0.1, -0.05) is 52.3 Å². The van der Waals surface area contributed by atoms with Crippen molar-refractivity contribution in [2.75, 3.05) is 145 Å². The Kier molecular flexibility index (Phi) is 30.8. The van der Waals surface area contributed by atoms with Crippen molar-refractivity contribution in [3.8, 4) is 34.5 Å². The summed E-state index contributed by atoms with van der Waals surface area (Å²) in [6, 6.07) is 18.4. The fourth-order valence-corrected chi connectivity index (χ4v) is 12.8. The van der Waals surface area contributed by atoms with E-state index in [-0.39, 0.29) is 123 Å². The summed E-state index contributed by atoms with van der Waals surface area (Å²) in [5.74, 6) is -0.141. The monoisotopic (exact) mass is 1500 g/mol. The summed E-state index contributed by atoms with van der Waals surface area (Å²) in [4.78, 5) is 118. The summed E-state index contributed by atoms with van der Waals surface area (Å²) in [7, 11) is 3.03. The molecule has 0 radical (unpaired) electrons. The quantitative estimate of drug-likeness (QED) is 0.0276. The molecule has 6 aliphatic rings. The Balaban J connectivity index is 0.536. The second kappa shape index (κ2) is 41.1. The summed E-state index contributed by atoms with van der Waals surface area (Å²) in [6.07, 6.45) is 11.4. The third-order valence-electron chi connectivity index (χ3n) is 18.8. The molecule has 4 aromatic carbocycles. The zero-order chi connectivity index (χ0) is 76.3. The summed E-state index contributed by atoms with van der Waals surface area (Å²) in [5.41, 5.74) is 5.90. The van der Waals surface area contributed by atoms with E-state index in [0.29, 0.717) is 187 Å². The predicted molar refractivity (Wildman–Crippen MR) is 399 cm³/mol. The zero-order valence-electron chi connectivity index (χ0n) is 62.4. The van der Waals surface area contributed by atoms with Crippen molar-refractivity contribution >= 4 is 87.8 Å². The maximum absolute atomic E-state index is 14.2. The molecule has 108 heavy (non-hydrogen) atoms. The number of ether oxygens (including phenoxy) is 13. The Labute approximate surface area is 629 Å². The second-order valence-electron chi connectivity index (χ2n) is 27.1. The van der Waals surface area contributed by atoms with Gasteiger partial charge in [-0.05, 0) is 77.4 Å². The lowest BCUT2D eigenvalue weighted by molar-refractivity contribution is -0.139. The summed E-state index contributed by atoms with van der Waals surface area (Å²) in [6.45, 7) is 14.0. The highest BCUT2D eigenvalue weighted by Gasteiger charge is 2.38. The van der Waals surface area contributed by atoms with Gasteiger partial charge in [0.2, 0.25) is 36.3 Å². The van der Waals surface area contributed by atoms with E-state index in [1.165, 1.54) is 14.2 Å². The maximum atomic E-state index is 14.2. The molecule has 2 unspecified atom stereocenters. The average molecular weight is 1500 g/mol. The van der Waals surface area contributed by atoms with Crippen molar-refractivity contribution in [1.29, 1.82) is 0 Å². The van der Waals surface area contributed by atoms with E-state index in [1.54, 1.807) is 72.5 Å². The number of hydrogen-bond acceptors (Lipinski definition) is 23. The van der Waals surface area contributed by atoms with Crippen LogP contribution in [0.1, 0.15) is 124 Å². The molecule has 0 saturated carbocycles. The van der Waals surface area contributed by atoms with Gasteiger partial charge in [-0.3, -0.25) is 53.2 Å². The first-order valence-corrected chi connectivity index (χ1v) is 37.1. The van der Waals surface area contributed by atoms with Crippen LogP contribution in [0.4, 0.5) is 17.1 Å². The van der Waals surface area contributed by atoms with Crippen LogP contribution in [0, 0.1) is 17.8 Å². The lowest BCUT2D eigenvalue weighted by atomic mass is 9.92. The molecule has 10 rings (SSSR count). The molecular formula is C79H100N8O21. The number of nitrogens with zero attached hydrogens (tertiary/aromatic N) is 5. The van der Waals surface area contributed by atoms with Crippen LogP contribution in [0.25, 0.3) is 11.1 Å². The number of ketones is 1. The van der Waals surface area contributed by atoms with Crippen molar-refractivity contribution < 1.29 is 99.9 Å². The first-order valence-electron chi connectivity index (χ1n) is 37.1. The van der Waals surface area contributed by atoms with Crippen LogP contribution in [0.2, 0.25) is 0 Å². The van der Waals surface area contributed by atoms with E-state index in [4.69, 9.17) is 71.6 Å². The molecule has 6 heterocycles. The van der Waals surface area contributed by atoms with Crippen molar-refractivity contribution in [2.45, 2.75) is 110 Å². The number of nitrogens with one attached hydrogen (secondary N) is 3. The Morgan fingerprint density at radius 1 is 0.546 bits per heavy atom. The normalized spacial score (nSPS) is 17.4. The van der Waals surface area contributed by atoms with Crippen molar-refractivity contribution in [3.63, 3.8) is 0 Å². The Bertz CT molecular complexity index is 3920. The summed E-state index contributed by atoms with van der Waals surface area (Å²) in [5, 5.41) is 8.55. The number of benzene rings is 4. The van der Waals surface area contributed by atoms with Crippen LogP contribution in [0.3, 0.4) is 0 Å². The van der Waals surface area contributed by atoms with Crippen molar-refractivity contribution in [1.82, 2.24) is 25.3 Å². The van der Waals surface area contributed by atoms with E-state index in [1.807, 2.05) is 56.6 Å². The summed E-state index contributed by atoms with van der Waals surface area (Å²) >= 11 is 0. The van der Waals surface area contributed by atoms with Gasteiger partial charge in [0.25, 0.3) is 11.8 Å². The summed E-state index contributed by atoms with van der Waals surface area (Å²) < 4.78 is 73.7. The SMILES string of the molecule is COc1cc2c(cc1OCCCOc1cc3c(cc1OC)C(=O)N1C=C(c4ccc5c(c4)OCO5)C[C@H]1C=N3)N=C[C@@H]1CC(c3ccc(NC(=O)[C@H](C)CC(=O)C(NC(=O)CCCCCOCCOCCOCCOCCOCCOCCOCCNC(=O)CCN4C(=O)CC(C)C4=O)C(C)C)cc3)=CN1C2=O. The van der Waals surface area contributed by atoms with E-state index < -0.39 is 12.0 Å². The molecule has 0 aliphatic carbocycles. The average Bonchev–Trinajstić information content (AvgIpc) is 1.64. The Hall–Kier alpha value is -9.62. The van der Waals surface area contributed by atoms with Gasteiger partial charge in [-0.2, -0.15) is 0 Å². The van der Waals surface area contributed by atoms with Crippen LogP contribution in [-0.4, -0.2) is 232 Å². The number of Topliss-reactive ketones (excluding diaryl/α,β-unsaturated/α-hetero) is 1. The smallest absolute Gasteiger partial charge is 0.260 e. The molecular weight excluding hydrogens is 1400 g/mol. The first kappa shape index (κ1) is 80.9. The molecule has 29 nitrogen and oxygen atoms in total. The van der Waals surface area contributed by atoms with Gasteiger partial charge in [0.05, 0.1) is 154 Å². The molecule has 0 aromatic heterocycles.